The summed E-state index contributed by atoms with van der Waals surface area (Å²) in [6.07, 6.45) is 6.31. The topological polar surface area (TPSA) is 69.2 Å². The Hall–Kier alpha value is -2.44. The van der Waals surface area contributed by atoms with Crippen LogP contribution in [-0.4, -0.2) is 70.7 Å². The number of hydrogen-bond acceptors (Lipinski definition) is 4. The van der Waals surface area contributed by atoms with E-state index in [0.29, 0.717) is 12.6 Å². The number of hydrogen-bond donors (Lipinski definition) is 2. The smallest absolute Gasteiger partial charge is 0.230 e. The predicted octanol–water partition coefficient (Wildman–Crippen LogP) is 2.48. The van der Waals surface area contributed by atoms with E-state index >= 15 is 0 Å². The van der Waals surface area contributed by atoms with Gasteiger partial charge in [0.1, 0.15) is 5.75 Å². The third-order valence-electron chi connectivity index (χ3n) is 6.43. The van der Waals surface area contributed by atoms with Crippen LogP contribution in [0.25, 0.3) is 0 Å². The Morgan fingerprint density at radius 2 is 2.00 bits per heavy atom. The van der Waals surface area contributed by atoms with Gasteiger partial charge in [-0.3, -0.25) is 9.79 Å². The Morgan fingerprint density at radius 3 is 2.67 bits per heavy atom. The van der Waals surface area contributed by atoms with E-state index in [1.807, 2.05) is 26.2 Å². The molecule has 1 saturated carbocycles. The van der Waals surface area contributed by atoms with Crippen molar-refractivity contribution in [1.82, 2.24) is 15.5 Å². The average molecular weight is 416 g/mol. The Balaban J connectivity index is 1.61. The van der Waals surface area contributed by atoms with E-state index in [2.05, 4.69) is 32.7 Å². The Kier molecular flexibility index (Phi) is 7.45. The molecule has 0 bridgehead atoms. The number of carbonyl (C=O) groups is 1. The molecule has 0 spiro atoms. The molecular weight excluding hydrogens is 378 g/mol. The number of carbonyl (C=O) groups excluding carboxylic acids is 1. The minimum atomic E-state index is -0.308. The Bertz CT molecular complexity index is 743. The van der Waals surface area contributed by atoms with E-state index in [4.69, 9.17) is 4.74 Å². The van der Waals surface area contributed by atoms with Crippen LogP contribution in [-0.2, 0) is 4.79 Å². The molecule has 1 aliphatic carbocycles. The van der Waals surface area contributed by atoms with Gasteiger partial charge in [0.05, 0.1) is 18.2 Å². The second-order valence-corrected chi connectivity index (χ2v) is 8.71. The molecule has 7 heteroatoms. The van der Waals surface area contributed by atoms with Gasteiger partial charge in [0.25, 0.3) is 0 Å². The zero-order valence-electron chi connectivity index (χ0n) is 18.9. The van der Waals surface area contributed by atoms with Crippen molar-refractivity contribution in [3.8, 4) is 5.75 Å². The van der Waals surface area contributed by atoms with Gasteiger partial charge in [-0.25, -0.2) is 0 Å². The first-order chi connectivity index (χ1) is 14.5. The number of para-hydroxylation sites is 2. The van der Waals surface area contributed by atoms with Gasteiger partial charge in [-0.2, -0.15) is 0 Å². The van der Waals surface area contributed by atoms with Crippen molar-refractivity contribution in [3.63, 3.8) is 0 Å². The van der Waals surface area contributed by atoms with Crippen LogP contribution >= 0.6 is 0 Å². The molecule has 30 heavy (non-hydrogen) atoms. The first-order valence-corrected chi connectivity index (χ1v) is 11.1. The summed E-state index contributed by atoms with van der Waals surface area (Å²) < 4.78 is 5.55. The summed E-state index contributed by atoms with van der Waals surface area (Å²) in [6, 6.07) is 8.47. The van der Waals surface area contributed by atoms with Crippen molar-refractivity contribution in [1.29, 1.82) is 0 Å². The fourth-order valence-electron chi connectivity index (χ4n) is 4.84. The van der Waals surface area contributed by atoms with Crippen molar-refractivity contribution < 1.29 is 9.53 Å². The highest BCUT2D eigenvalue weighted by molar-refractivity contribution is 5.85. The van der Waals surface area contributed by atoms with Crippen LogP contribution in [0.1, 0.15) is 38.5 Å². The molecule has 0 aromatic heterocycles. The monoisotopic (exact) mass is 415 g/mol. The number of piperidine rings is 1. The Morgan fingerprint density at radius 1 is 1.27 bits per heavy atom. The molecule has 1 aromatic rings. The summed E-state index contributed by atoms with van der Waals surface area (Å²) in [5, 5.41) is 7.04. The second kappa shape index (κ2) is 10.0. The van der Waals surface area contributed by atoms with Crippen LogP contribution in [0.15, 0.2) is 29.3 Å². The zero-order valence-corrected chi connectivity index (χ0v) is 18.9. The molecule has 7 nitrogen and oxygen atoms in total. The summed E-state index contributed by atoms with van der Waals surface area (Å²) in [5.41, 5.74) is 0.827. The number of nitrogens with zero attached hydrogens (tertiary/aromatic N) is 3. The predicted molar refractivity (Wildman–Crippen MR) is 122 cm³/mol. The second-order valence-electron chi connectivity index (χ2n) is 8.71. The van der Waals surface area contributed by atoms with Gasteiger partial charge in [-0.1, -0.05) is 25.0 Å². The van der Waals surface area contributed by atoms with E-state index < -0.39 is 0 Å². The average Bonchev–Trinajstić information content (AvgIpc) is 3.26. The van der Waals surface area contributed by atoms with Gasteiger partial charge in [-0.15, -0.1) is 0 Å². The molecule has 2 N–H and O–H groups in total. The van der Waals surface area contributed by atoms with E-state index in [0.717, 1.165) is 69.0 Å². The number of ether oxygens (including phenoxy) is 1. The number of benzene rings is 1. The summed E-state index contributed by atoms with van der Waals surface area (Å²) in [6.45, 7) is 2.54. The van der Waals surface area contributed by atoms with Crippen LogP contribution in [0.4, 0.5) is 5.69 Å². The standard InChI is InChI=1S/C23H37N5O2/c1-24-22(25-17-23(13-7-8-14-23)21(29)27(2)3)26-18-10-9-15-28(16-18)19-11-5-6-12-20(19)30-4/h5-6,11-12,18H,7-10,13-17H2,1-4H3,(H2,24,25,26). The largest absolute Gasteiger partial charge is 0.495 e. The molecule has 2 fully saturated rings. The molecular formula is C23H37N5O2. The first-order valence-electron chi connectivity index (χ1n) is 11.1. The number of nitrogens with one attached hydrogen (secondary N) is 2. The molecule has 1 saturated heterocycles. The molecule has 1 amide bonds. The van der Waals surface area contributed by atoms with E-state index in [1.165, 1.54) is 0 Å². The quantitative estimate of drug-likeness (QED) is 0.552. The summed E-state index contributed by atoms with van der Waals surface area (Å²) in [7, 11) is 7.22. The minimum absolute atomic E-state index is 0.225. The van der Waals surface area contributed by atoms with Crippen LogP contribution in [0.3, 0.4) is 0 Å². The van der Waals surface area contributed by atoms with Crippen LogP contribution in [0.5, 0.6) is 5.75 Å². The fraction of sp³-hybridized carbons (Fsp3) is 0.652. The van der Waals surface area contributed by atoms with E-state index in [-0.39, 0.29) is 11.3 Å². The summed E-state index contributed by atoms with van der Waals surface area (Å²) >= 11 is 0. The number of rotatable bonds is 6. The molecule has 1 heterocycles. The number of amides is 1. The van der Waals surface area contributed by atoms with Crippen LogP contribution < -0.4 is 20.3 Å². The van der Waals surface area contributed by atoms with Crippen molar-refractivity contribution in [2.45, 2.75) is 44.6 Å². The highest BCUT2D eigenvalue weighted by Crippen LogP contribution is 2.39. The Labute approximate surface area is 180 Å². The lowest BCUT2D eigenvalue weighted by molar-refractivity contribution is -0.138. The third kappa shape index (κ3) is 4.99. The normalized spacial score (nSPS) is 21.3. The van der Waals surface area contributed by atoms with Gasteiger partial charge in [0.2, 0.25) is 5.91 Å². The lowest BCUT2D eigenvalue weighted by atomic mass is 9.84. The van der Waals surface area contributed by atoms with Gasteiger partial charge < -0.3 is 25.2 Å². The molecule has 1 aromatic carbocycles. The first kappa shape index (κ1) is 22.2. The fourth-order valence-corrected chi connectivity index (χ4v) is 4.84. The highest BCUT2D eigenvalue weighted by atomic mass is 16.5. The number of methoxy groups -OCH3 is 1. The van der Waals surface area contributed by atoms with E-state index in [1.54, 1.807) is 19.1 Å². The lowest BCUT2D eigenvalue weighted by Crippen LogP contribution is -2.54. The van der Waals surface area contributed by atoms with Crippen molar-refractivity contribution in [3.05, 3.63) is 24.3 Å². The minimum Gasteiger partial charge on any atom is -0.495 e. The number of anilines is 1. The highest BCUT2D eigenvalue weighted by Gasteiger charge is 2.42. The lowest BCUT2D eigenvalue weighted by Gasteiger charge is -2.36. The van der Waals surface area contributed by atoms with Crippen molar-refractivity contribution in [2.75, 3.05) is 52.8 Å². The number of aliphatic imine (C=N–C) groups is 1. The molecule has 0 radical (unpaired) electrons. The maximum Gasteiger partial charge on any atom is 0.230 e. The molecule has 1 aliphatic heterocycles. The SMILES string of the molecule is CN=C(NCC1(C(=O)N(C)C)CCCC1)NC1CCCN(c2ccccc2OC)C1. The van der Waals surface area contributed by atoms with Crippen molar-refractivity contribution in [2.24, 2.45) is 10.4 Å². The maximum absolute atomic E-state index is 12.8. The molecule has 1 atom stereocenters. The zero-order chi connectivity index (χ0) is 21.6. The van der Waals surface area contributed by atoms with Gasteiger partial charge >= 0.3 is 0 Å². The number of guanidine groups is 1. The molecule has 3 rings (SSSR count). The molecule has 1 unspecified atom stereocenters. The van der Waals surface area contributed by atoms with Gasteiger partial charge in [0.15, 0.2) is 5.96 Å². The van der Waals surface area contributed by atoms with E-state index in [9.17, 15) is 4.79 Å². The van der Waals surface area contributed by atoms with Crippen LogP contribution in [0.2, 0.25) is 0 Å². The van der Waals surface area contributed by atoms with Crippen LogP contribution in [0, 0.1) is 5.41 Å². The molecule has 166 valence electrons. The summed E-state index contributed by atoms with van der Waals surface area (Å²) in [5.74, 6) is 1.91. The van der Waals surface area contributed by atoms with Gasteiger partial charge in [-0.05, 0) is 37.8 Å². The summed E-state index contributed by atoms with van der Waals surface area (Å²) in [4.78, 5) is 21.4. The van der Waals surface area contributed by atoms with Crippen molar-refractivity contribution >= 4 is 17.6 Å². The molecule has 2 aliphatic rings. The third-order valence-corrected chi connectivity index (χ3v) is 6.43. The maximum atomic E-state index is 12.8. The van der Waals surface area contributed by atoms with Gasteiger partial charge in [0, 0.05) is 46.8 Å².